The van der Waals surface area contributed by atoms with Gasteiger partial charge >= 0.3 is 0 Å². The van der Waals surface area contributed by atoms with E-state index in [0.29, 0.717) is 11.3 Å². The highest BCUT2D eigenvalue weighted by molar-refractivity contribution is 5.75. The van der Waals surface area contributed by atoms with Crippen LogP contribution in [0.3, 0.4) is 0 Å². The SMILES string of the molecule is Fc1cc(F)c2nc(C3CCCCCN3)[nH]c2c1. The van der Waals surface area contributed by atoms with E-state index in [2.05, 4.69) is 15.3 Å². The first-order valence-corrected chi connectivity index (χ1v) is 6.32. The van der Waals surface area contributed by atoms with E-state index < -0.39 is 11.6 Å². The van der Waals surface area contributed by atoms with Crippen LogP contribution in [0.25, 0.3) is 11.0 Å². The second-order valence-corrected chi connectivity index (χ2v) is 4.76. The first-order chi connectivity index (χ1) is 8.74. The Morgan fingerprint density at radius 2 is 2.06 bits per heavy atom. The van der Waals surface area contributed by atoms with Crippen LogP contribution in [0, 0.1) is 11.6 Å². The highest BCUT2D eigenvalue weighted by Crippen LogP contribution is 2.24. The van der Waals surface area contributed by atoms with Crippen LogP contribution < -0.4 is 5.32 Å². The van der Waals surface area contributed by atoms with E-state index in [1.807, 2.05) is 0 Å². The molecule has 3 rings (SSSR count). The van der Waals surface area contributed by atoms with E-state index in [1.165, 1.54) is 12.5 Å². The van der Waals surface area contributed by atoms with Crippen molar-refractivity contribution < 1.29 is 8.78 Å². The number of aromatic amines is 1. The molecule has 1 aliphatic heterocycles. The molecule has 0 spiro atoms. The summed E-state index contributed by atoms with van der Waals surface area (Å²) < 4.78 is 26.7. The number of hydrogen-bond acceptors (Lipinski definition) is 2. The van der Waals surface area contributed by atoms with Crippen LogP contribution in [0.5, 0.6) is 0 Å². The zero-order valence-corrected chi connectivity index (χ0v) is 9.97. The van der Waals surface area contributed by atoms with Gasteiger partial charge in [-0.25, -0.2) is 13.8 Å². The minimum absolute atomic E-state index is 0.113. The van der Waals surface area contributed by atoms with E-state index in [-0.39, 0.29) is 11.6 Å². The molecule has 0 amide bonds. The summed E-state index contributed by atoms with van der Waals surface area (Å²) in [5.74, 6) is -0.485. The van der Waals surface area contributed by atoms with Gasteiger partial charge in [-0.15, -0.1) is 0 Å². The topological polar surface area (TPSA) is 40.7 Å². The Morgan fingerprint density at radius 1 is 1.17 bits per heavy atom. The lowest BCUT2D eigenvalue weighted by Crippen LogP contribution is -2.21. The van der Waals surface area contributed by atoms with Crippen LogP contribution in [-0.4, -0.2) is 16.5 Å². The number of H-pyrrole nitrogens is 1. The molecule has 18 heavy (non-hydrogen) atoms. The maximum atomic E-state index is 13.6. The van der Waals surface area contributed by atoms with Crippen molar-refractivity contribution in [2.75, 3.05) is 6.54 Å². The van der Waals surface area contributed by atoms with Crippen molar-refractivity contribution in [3.8, 4) is 0 Å². The molecule has 1 aromatic heterocycles. The van der Waals surface area contributed by atoms with E-state index in [9.17, 15) is 8.78 Å². The molecule has 0 saturated carbocycles. The highest BCUT2D eigenvalue weighted by Gasteiger charge is 2.18. The molecule has 96 valence electrons. The lowest BCUT2D eigenvalue weighted by molar-refractivity contribution is 0.512. The lowest BCUT2D eigenvalue weighted by Gasteiger charge is -2.12. The van der Waals surface area contributed by atoms with Crippen molar-refractivity contribution in [2.45, 2.75) is 31.7 Å². The number of imidazole rings is 1. The third kappa shape index (κ3) is 2.10. The molecule has 1 aromatic carbocycles. The van der Waals surface area contributed by atoms with Gasteiger partial charge in [0.1, 0.15) is 17.2 Å². The Bertz CT molecular complexity index is 557. The number of hydrogen-bond donors (Lipinski definition) is 2. The predicted molar refractivity (Wildman–Crippen MR) is 65.2 cm³/mol. The predicted octanol–water partition coefficient (Wildman–Crippen LogP) is 3.05. The van der Waals surface area contributed by atoms with E-state index >= 15 is 0 Å². The molecule has 1 aliphatic rings. The average Bonchev–Trinajstić information content (AvgIpc) is 2.59. The zero-order valence-electron chi connectivity index (χ0n) is 9.97. The minimum Gasteiger partial charge on any atom is -0.340 e. The van der Waals surface area contributed by atoms with Crippen molar-refractivity contribution in [1.29, 1.82) is 0 Å². The van der Waals surface area contributed by atoms with E-state index in [4.69, 9.17) is 0 Å². The zero-order chi connectivity index (χ0) is 12.5. The Morgan fingerprint density at radius 3 is 2.94 bits per heavy atom. The second-order valence-electron chi connectivity index (χ2n) is 4.76. The van der Waals surface area contributed by atoms with Crippen molar-refractivity contribution in [2.24, 2.45) is 0 Å². The molecule has 0 aliphatic carbocycles. The number of nitrogens with one attached hydrogen (secondary N) is 2. The fraction of sp³-hybridized carbons (Fsp3) is 0.462. The molecule has 2 heterocycles. The summed E-state index contributed by atoms with van der Waals surface area (Å²) >= 11 is 0. The smallest absolute Gasteiger partial charge is 0.153 e. The van der Waals surface area contributed by atoms with Crippen LogP contribution in [0.1, 0.15) is 37.5 Å². The van der Waals surface area contributed by atoms with Gasteiger partial charge in [0.2, 0.25) is 0 Å². The monoisotopic (exact) mass is 251 g/mol. The second kappa shape index (κ2) is 4.65. The van der Waals surface area contributed by atoms with Crippen molar-refractivity contribution in [3.05, 3.63) is 29.6 Å². The summed E-state index contributed by atoms with van der Waals surface area (Å²) in [4.78, 5) is 7.28. The molecule has 1 unspecified atom stereocenters. The van der Waals surface area contributed by atoms with Gasteiger partial charge in [0.05, 0.1) is 11.6 Å². The quantitative estimate of drug-likeness (QED) is 0.817. The fourth-order valence-corrected chi connectivity index (χ4v) is 2.49. The van der Waals surface area contributed by atoms with Gasteiger partial charge in [0.25, 0.3) is 0 Å². The molecule has 1 atom stereocenters. The highest BCUT2D eigenvalue weighted by atomic mass is 19.1. The lowest BCUT2D eigenvalue weighted by atomic mass is 10.1. The Kier molecular flexibility index (Phi) is 2.99. The van der Waals surface area contributed by atoms with Gasteiger partial charge < -0.3 is 10.3 Å². The summed E-state index contributed by atoms with van der Waals surface area (Å²) in [6.45, 7) is 0.943. The molecule has 5 heteroatoms. The summed E-state index contributed by atoms with van der Waals surface area (Å²) in [5.41, 5.74) is 0.644. The van der Waals surface area contributed by atoms with Crippen LogP contribution in [-0.2, 0) is 0 Å². The number of rotatable bonds is 1. The van der Waals surface area contributed by atoms with Crippen LogP contribution in [0.4, 0.5) is 8.78 Å². The van der Waals surface area contributed by atoms with Gasteiger partial charge in [0.15, 0.2) is 5.82 Å². The minimum atomic E-state index is -0.610. The maximum Gasteiger partial charge on any atom is 0.153 e. The molecule has 1 fully saturated rings. The van der Waals surface area contributed by atoms with Crippen molar-refractivity contribution in [3.63, 3.8) is 0 Å². The van der Waals surface area contributed by atoms with Gasteiger partial charge in [-0.05, 0) is 25.5 Å². The summed E-state index contributed by atoms with van der Waals surface area (Å²) in [6.07, 6.45) is 4.46. The molecule has 2 aromatic rings. The third-order valence-corrected chi connectivity index (χ3v) is 3.41. The largest absolute Gasteiger partial charge is 0.340 e. The first kappa shape index (κ1) is 11.6. The van der Waals surface area contributed by atoms with Crippen molar-refractivity contribution >= 4 is 11.0 Å². The molecular formula is C13H15F2N3. The molecular weight excluding hydrogens is 236 g/mol. The number of benzene rings is 1. The first-order valence-electron chi connectivity index (χ1n) is 6.32. The third-order valence-electron chi connectivity index (χ3n) is 3.41. The summed E-state index contributed by atoms with van der Waals surface area (Å²) in [7, 11) is 0. The number of halogens is 2. The van der Waals surface area contributed by atoms with Crippen molar-refractivity contribution in [1.82, 2.24) is 15.3 Å². The average molecular weight is 251 g/mol. The fourth-order valence-electron chi connectivity index (χ4n) is 2.49. The number of aromatic nitrogens is 2. The van der Waals surface area contributed by atoms with Crippen LogP contribution in [0.15, 0.2) is 12.1 Å². The van der Waals surface area contributed by atoms with Gasteiger partial charge in [0, 0.05) is 6.07 Å². The molecule has 2 N–H and O–H groups in total. The normalized spacial score (nSPS) is 21.1. The van der Waals surface area contributed by atoms with Crippen LogP contribution >= 0.6 is 0 Å². The van der Waals surface area contributed by atoms with Gasteiger partial charge in [-0.1, -0.05) is 12.8 Å². The number of fused-ring (bicyclic) bond motifs is 1. The van der Waals surface area contributed by atoms with E-state index in [1.54, 1.807) is 0 Å². The standard InChI is InChI=1S/C13H15F2N3/c14-8-6-9(15)12-11(7-8)17-13(18-12)10-4-2-1-3-5-16-10/h6-7,10,16H,1-5H2,(H,17,18). The Labute approximate surface area is 104 Å². The van der Waals surface area contributed by atoms with Crippen LogP contribution in [0.2, 0.25) is 0 Å². The Hall–Kier alpha value is -1.49. The molecule has 1 saturated heterocycles. The summed E-state index contributed by atoms with van der Waals surface area (Å²) in [5, 5.41) is 3.38. The number of nitrogens with zero attached hydrogens (tertiary/aromatic N) is 1. The Balaban J connectivity index is 1.99. The molecule has 3 nitrogen and oxygen atoms in total. The van der Waals surface area contributed by atoms with E-state index in [0.717, 1.165) is 31.9 Å². The molecule has 0 bridgehead atoms. The van der Waals surface area contributed by atoms with Gasteiger partial charge in [-0.2, -0.15) is 0 Å². The molecule has 0 radical (unpaired) electrons. The summed E-state index contributed by atoms with van der Waals surface area (Å²) in [6, 6.07) is 2.27. The maximum absolute atomic E-state index is 13.6. The van der Waals surface area contributed by atoms with Gasteiger partial charge in [-0.3, -0.25) is 0 Å².